The summed E-state index contributed by atoms with van der Waals surface area (Å²) in [4.78, 5) is 16.9. The summed E-state index contributed by atoms with van der Waals surface area (Å²) in [6, 6.07) is 0.569. The van der Waals surface area contributed by atoms with Gasteiger partial charge in [-0.1, -0.05) is 6.92 Å². The highest BCUT2D eigenvalue weighted by Crippen LogP contribution is 2.29. The van der Waals surface area contributed by atoms with Crippen molar-refractivity contribution in [1.29, 1.82) is 0 Å². The van der Waals surface area contributed by atoms with Crippen LogP contribution in [0.1, 0.15) is 33.1 Å². The summed E-state index contributed by atoms with van der Waals surface area (Å²) in [5, 5.41) is 6.99. The third-order valence-electron chi connectivity index (χ3n) is 4.63. The predicted molar refractivity (Wildman–Crippen MR) is 94.6 cm³/mol. The smallest absolute Gasteiger partial charge is 0.315 e. The molecule has 2 aliphatic rings. The van der Waals surface area contributed by atoms with Gasteiger partial charge in [0.2, 0.25) is 0 Å². The van der Waals surface area contributed by atoms with E-state index in [0.717, 1.165) is 50.8 Å². The van der Waals surface area contributed by atoms with E-state index in [0.29, 0.717) is 6.04 Å². The van der Waals surface area contributed by atoms with Gasteiger partial charge in [-0.05, 0) is 39.0 Å². The molecule has 1 saturated carbocycles. The molecule has 6 heteroatoms. The van der Waals surface area contributed by atoms with Gasteiger partial charge in [0.15, 0.2) is 0 Å². The van der Waals surface area contributed by atoms with E-state index in [4.69, 9.17) is 0 Å². The standard InChI is InChI=1S/C16H32N4OS/c1-4-22-15-6-5-14(11-15)18-16(21)17-13(2)12-20-9-7-19(3)8-10-20/h13-15H,4-12H2,1-3H3,(H2,17,18,21). The second-order valence-corrected chi connectivity index (χ2v) is 8.29. The van der Waals surface area contributed by atoms with Crippen LogP contribution in [0.15, 0.2) is 0 Å². The van der Waals surface area contributed by atoms with Gasteiger partial charge in [0, 0.05) is 50.1 Å². The summed E-state index contributed by atoms with van der Waals surface area (Å²) in [5.41, 5.74) is 0. The molecular weight excluding hydrogens is 296 g/mol. The molecule has 2 amide bonds. The average Bonchev–Trinajstić information content (AvgIpc) is 2.88. The van der Waals surface area contributed by atoms with Gasteiger partial charge in [-0.15, -0.1) is 0 Å². The Morgan fingerprint density at radius 1 is 1.27 bits per heavy atom. The SMILES string of the molecule is CCSC1CCC(NC(=O)NC(C)CN2CCN(C)CC2)C1. The van der Waals surface area contributed by atoms with E-state index in [2.05, 4.69) is 41.3 Å². The number of hydrogen-bond acceptors (Lipinski definition) is 4. The lowest BCUT2D eigenvalue weighted by Crippen LogP contribution is -2.52. The number of nitrogens with one attached hydrogen (secondary N) is 2. The fourth-order valence-corrected chi connectivity index (χ4v) is 4.52. The molecule has 22 heavy (non-hydrogen) atoms. The number of nitrogens with zero attached hydrogens (tertiary/aromatic N) is 2. The molecule has 0 aromatic rings. The van der Waals surface area contributed by atoms with Crippen molar-refractivity contribution in [3.05, 3.63) is 0 Å². The first-order valence-electron chi connectivity index (χ1n) is 8.66. The van der Waals surface area contributed by atoms with Gasteiger partial charge >= 0.3 is 6.03 Å². The molecule has 5 nitrogen and oxygen atoms in total. The maximum absolute atomic E-state index is 12.1. The van der Waals surface area contributed by atoms with Gasteiger partial charge in [-0.25, -0.2) is 4.79 Å². The van der Waals surface area contributed by atoms with Crippen molar-refractivity contribution in [2.75, 3.05) is 45.5 Å². The molecule has 128 valence electrons. The minimum Gasteiger partial charge on any atom is -0.335 e. The first-order valence-corrected chi connectivity index (χ1v) is 9.71. The molecule has 0 bridgehead atoms. The predicted octanol–water partition coefficient (Wildman–Crippen LogP) is 1.60. The fraction of sp³-hybridized carbons (Fsp3) is 0.938. The molecule has 3 unspecified atom stereocenters. The lowest BCUT2D eigenvalue weighted by Gasteiger charge is -2.34. The van der Waals surface area contributed by atoms with Crippen LogP contribution >= 0.6 is 11.8 Å². The van der Waals surface area contributed by atoms with E-state index in [1.54, 1.807) is 0 Å². The molecule has 1 aliphatic heterocycles. The molecule has 2 N–H and O–H groups in total. The lowest BCUT2D eigenvalue weighted by atomic mass is 10.2. The highest BCUT2D eigenvalue weighted by Gasteiger charge is 2.26. The summed E-state index contributed by atoms with van der Waals surface area (Å²) >= 11 is 2.02. The second-order valence-electron chi connectivity index (χ2n) is 6.71. The lowest BCUT2D eigenvalue weighted by molar-refractivity contribution is 0.144. The van der Waals surface area contributed by atoms with Gasteiger partial charge in [0.25, 0.3) is 0 Å². The first kappa shape index (κ1) is 17.9. The van der Waals surface area contributed by atoms with Crippen LogP contribution in [0.25, 0.3) is 0 Å². The number of carbonyl (C=O) groups excluding carboxylic acids is 1. The Morgan fingerprint density at radius 3 is 2.68 bits per heavy atom. The van der Waals surface area contributed by atoms with E-state index in [1.165, 1.54) is 12.2 Å². The molecule has 0 radical (unpaired) electrons. The highest BCUT2D eigenvalue weighted by atomic mass is 32.2. The second kappa shape index (κ2) is 8.99. The van der Waals surface area contributed by atoms with Crippen LogP contribution in [0.3, 0.4) is 0 Å². The Hall–Kier alpha value is -0.460. The zero-order chi connectivity index (χ0) is 15.9. The van der Waals surface area contributed by atoms with E-state index in [9.17, 15) is 4.79 Å². The van der Waals surface area contributed by atoms with E-state index < -0.39 is 0 Å². The summed E-state index contributed by atoms with van der Waals surface area (Å²) in [7, 11) is 2.16. The van der Waals surface area contributed by atoms with Gasteiger partial charge in [-0.3, -0.25) is 4.90 Å². The Bertz CT molecular complexity index is 347. The van der Waals surface area contributed by atoms with Crippen LogP contribution in [0, 0.1) is 0 Å². The number of thioether (sulfide) groups is 1. The molecule has 0 spiro atoms. The van der Waals surface area contributed by atoms with Crippen molar-refractivity contribution in [2.45, 2.75) is 50.4 Å². The third kappa shape index (κ3) is 5.97. The van der Waals surface area contributed by atoms with Gasteiger partial charge in [0.1, 0.15) is 0 Å². The average molecular weight is 329 g/mol. The highest BCUT2D eigenvalue weighted by molar-refractivity contribution is 7.99. The maximum Gasteiger partial charge on any atom is 0.315 e. The van der Waals surface area contributed by atoms with Crippen molar-refractivity contribution >= 4 is 17.8 Å². The zero-order valence-corrected chi connectivity index (χ0v) is 15.1. The quantitative estimate of drug-likeness (QED) is 0.777. The number of rotatable bonds is 6. The molecule has 1 heterocycles. The van der Waals surface area contributed by atoms with Crippen LogP contribution < -0.4 is 10.6 Å². The number of amides is 2. The Kier molecular flexibility index (Phi) is 7.31. The summed E-state index contributed by atoms with van der Waals surface area (Å²) in [6.07, 6.45) is 3.48. The molecule has 3 atom stereocenters. The van der Waals surface area contributed by atoms with Crippen molar-refractivity contribution in [2.24, 2.45) is 0 Å². The minimum absolute atomic E-state index is 0.00813. The van der Waals surface area contributed by atoms with Crippen molar-refractivity contribution in [3.8, 4) is 0 Å². The maximum atomic E-state index is 12.1. The Labute approximate surface area is 139 Å². The molecule has 1 saturated heterocycles. The van der Waals surface area contributed by atoms with Crippen LogP contribution in [0.4, 0.5) is 4.79 Å². The monoisotopic (exact) mass is 328 g/mol. The van der Waals surface area contributed by atoms with E-state index in [-0.39, 0.29) is 12.1 Å². The number of piperazine rings is 1. The van der Waals surface area contributed by atoms with Gasteiger partial charge in [0.05, 0.1) is 0 Å². The normalized spacial score (nSPS) is 28.5. The number of likely N-dealkylation sites (N-methyl/N-ethyl adjacent to an activating group) is 1. The molecule has 0 aromatic carbocycles. The van der Waals surface area contributed by atoms with Crippen LogP contribution in [0.5, 0.6) is 0 Å². The molecule has 2 rings (SSSR count). The topological polar surface area (TPSA) is 47.6 Å². The van der Waals surface area contributed by atoms with Crippen LogP contribution in [-0.2, 0) is 0 Å². The first-order chi connectivity index (χ1) is 10.6. The zero-order valence-electron chi connectivity index (χ0n) is 14.3. The largest absolute Gasteiger partial charge is 0.335 e. The third-order valence-corrected chi connectivity index (χ3v) is 5.86. The van der Waals surface area contributed by atoms with E-state index >= 15 is 0 Å². The van der Waals surface area contributed by atoms with Crippen molar-refractivity contribution in [3.63, 3.8) is 0 Å². The van der Waals surface area contributed by atoms with Crippen molar-refractivity contribution < 1.29 is 4.79 Å². The molecule has 2 fully saturated rings. The van der Waals surface area contributed by atoms with Crippen molar-refractivity contribution in [1.82, 2.24) is 20.4 Å². The van der Waals surface area contributed by atoms with Crippen LogP contribution in [-0.4, -0.2) is 78.7 Å². The number of carbonyl (C=O) groups is 1. The van der Waals surface area contributed by atoms with Crippen LogP contribution in [0.2, 0.25) is 0 Å². The minimum atomic E-state index is 0.00813. The van der Waals surface area contributed by atoms with Gasteiger partial charge in [-0.2, -0.15) is 11.8 Å². The molecule has 1 aliphatic carbocycles. The summed E-state index contributed by atoms with van der Waals surface area (Å²) in [5.74, 6) is 1.17. The summed E-state index contributed by atoms with van der Waals surface area (Å²) < 4.78 is 0. The van der Waals surface area contributed by atoms with Gasteiger partial charge < -0.3 is 15.5 Å². The fourth-order valence-electron chi connectivity index (χ4n) is 3.37. The Morgan fingerprint density at radius 2 is 2.00 bits per heavy atom. The Balaban J connectivity index is 1.62. The number of hydrogen-bond donors (Lipinski definition) is 2. The molecule has 0 aromatic heterocycles. The van der Waals surface area contributed by atoms with E-state index in [1.807, 2.05) is 11.8 Å². The summed E-state index contributed by atoms with van der Waals surface area (Å²) in [6.45, 7) is 9.70. The molecular formula is C16H32N4OS. The number of urea groups is 1.